The van der Waals surface area contributed by atoms with Crippen molar-refractivity contribution in [3.63, 3.8) is 0 Å². The van der Waals surface area contributed by atoms with E-state index in [2.05, 4.69) is 23.2 Å². The number of fused-ring (bicyclic) bond motifs is 1. The Labute approximate surface area is 77.2 Å². The van der Waals surface area contributed by atoms with Crippen LogP contribution >= 0.6 is 0 Å². The molecule has 2 heteroatoms. The van der Waals surface area contributed by atoms with Crippen LogP contribution in [-0.2, 0) is 11.3 Å². The molecule has 0 aliphatic rings. The van der Waals surface area contributed by atoms with Crippen molar-refractivity contribution in [3.05, 3.63) is 42.2 Å². The van der Waals surface area contributed by atoms with E-state index in [9.17, 15) is 0 Å². The summed E-state index contributed by atoms with van der Waals surface area (Å²) in [6.07, 6.45) is 3.67. The highest BCUT2D eigenvalue weighted by atomic mass is 16.5. The van der Waals surface area contributed by atoms with Crippen molar-refractivity contribution in [3.8, 4) is 0 Å². The third-order valence-corrected chi connectivity index (χ3v) is 2.02. The maximum atomic E-state index is 5.06. The van der Waals surface area contributed by atoms with Gasteiger partial charge in [0.25, 0.3) is 0 Å². The van der Waals surface area contributed by atoms with Crippen molar-refractivity contribution in [2.24, 2.45) is 0 Å². The first-order chi connectivity index (χ1) is 6.40. The Bertz CT molecular complexity index is 412. The topological polar surface area (TPSA) is 22.1 Å². The van der Waals surface area contributed by atoms with Crippen molar-refractivity contribution in [1.29, 1.82) is 0 Å². The summed E-state index contributed by atoms with van der Waals surface area (Å²) in [5.74, 6) is 0. The summed E-state index contributed by atoms with van der Waals surface area (Å²) in [5, 5.41) is 2.38. The lowest BCUT2D eigenvalue weighted by Gasteiger charge is -2.01. The monoisotopic (exact) mass is 173 g/mol. The largest absolute Gasteiger partial charge is 0.380 e. The van der Waals surface area contributed by atoms with E-state index in [0.717, 1.165) is 5.39 Å². The molecule has 1 aromatic carbocycles. The Balaban J connectivity index is 2.49. The molecule has 0 saturated carbocycles. The molecule has 0 N–H and O–H groups in total. The molecule has 0 amide bonds. The molecule has 0 bridgehead atoms. The first-order valence-corrected chi connectivity index (χ1v) is 4.22. The number of nitrogens with zero attached hydrogens (tertiary/aromatic N) is 1. The summed E-state index contributed by atoms with van der Waals surface area (Å²) in [4.78, 5) is 4.07. The van der Waals surface area contributed by atoms with Crippen molar-refractivity contribution < 1.29 is 4.74 Å². The first-order valence-electron chi connectivity index (χ1n) is 4.22. The first kappa shape index (κ1) is 8.20. The number of methoxy groups -OCH3 is 1. The van der Waals surface area contributed by atoms with Gasteiger partial charge in [-0.25, -0.2) is 0 Å². The molecule has 0 radical (unpaired) electrons. The van der Waals surface area contributed by atoms with E-state index < -0.39 is 0 Å². The second-order valence-corrected chi connectivity index (χ2v) is 2.99. The van der Waals surface area contributed by atoms with E-state index in [-0.39, 0.29) is 0 Å². The van der Waals surface area contributed by atoms with E-state index in [1.54, 1.807) is 13.3 Å². The van der Waals surface area contributed by atoms with Gasteiger partial charge in [0.1, 0.15) is 0 Å². The smallest absolute Gasteiger partial charge is 0.0713 e. The molecule has 0 fully saturated rings. The van der Waals surface area contributed by atoms with E-state index in [0.29, 0.717) is 6.61 Å². The molecule has 66 valence electrons. The van der Waals surface area contributed by atoms with Gasteiger partial charge in [0.05, 0.1) is 6.61 Å². The maximum Gasteiger partial charge on any atom is 0.0713 e. The zero-order valence-electron chi connectivity index (χ0n) is 7.53. The molecule has 0 atom stereocenters. The minimum atomic E-state index is 0.658. The summed E-state index contributed by atoms with van der Waals surface area (Å²) in [6, 6.07) is 8.27. The summed E-state index contributed by atoms with van der Waals surface area (Å²) in [6.45, 7) is 0.658. The fourth-order valence-electron chi connectivity index (χ4n) is 1.39. The van der Waals surface area contributed by atoms with Gasteiger partial charge in [0.15, 0.2) is 0 Å². The highest BCUT2D eigenvalue weighted by Gasteiger charge is 1.94. The van der Waals surface area contributed by atoms with Gasteiger partial charge in [-0.2, -0.15) is 0 Å². The highest BCUT2D eigenvalue weighted by Crippen LogP contribution is 2.14. The van der Waals surface area contributed by atoms with Gasteiger partial charge in [-0.15, -0.1) is 0 Å². The van der Waals surface area contributed by atoms with Gasteiger partial charge in [0.2, 0.25) is 0 Å². The molecule has 2 rings (SSSR count). The van der Waals surface area contributed by atoms with E-state index in [1.165, 1.54) is 10.9 Å². The molecule has 0 saturated heterocycles. The third-order valence-electron chi connectivity index (χ3n) is 2.02. The Morgan fingerprint density at radius 1 is 1.23 bits per heavy atom. The molecule has 1 heterocycles. The Morgan fingerprint density at radius 3 is 3.00 bits per heavy atom. The molecule has 1 aromatic heterocycles. The number of pyridine rings is 1. The minimum Gasteiger partial charge on any atom is -0.380 e. The molecule has 0 spiro atoms. The lowest BCUT2D eigenvalue weighted by Crippen LogP contribution is -1.86. The van der Waals surface area contributed by atoms with Gasteiger partial charge in [-0.1, -0.05) is 12.1 Å². The molecule has 0 unspecified atom stereocenters. The summed E-state index contributed by atoms with van der Waals surface area (Å²) < 4.78 is 5.06. The van der Waals surface area contributed by atoms with Crippen LogP contribution in [0, 0.1) is 0 Å². The fraction of sp³-hybridized carbons (Fsp3) is 0.182. The average Bonchev–Trinajstić information content (AvgIpc) is 2.18. The quantitative estimate of drug-likeness (QED) is 0.695. The SMILES string of the molecule is COCc1ccc2ccncc2c1. The molecule has 2 nitrogen and oxygen atoms in total. The average molecular weight is 173 g/mol. The van der Waals surface area contributed by atoms with Gasteiger partial charge in [-0.3, -0.25) is 4.98 Å². The molecule has 0 aliphatic carbocycles. The predicted molar refractivity (Wildman–Crippen MR) is 52.5 cm³/mol. The lowest BCUT2D eigenvalue weighted by molar-refractivity contribution is 0.185. The highest BCUT2D eigenvalue weighted by molar-refractivity contribution is 5.81. The van der Waals surface area contributed by atoms with Gasteiger partial charge >= 0.3 is 0 Å². The summed E-state index contributed by atoms with van der Waals surface area (Å²) in [7, 11) is 1.70. The Kier molecular flexibility index (Phi) is 2.23. The zero-order valence-corrected chi connectivity index (χ0v) is 7.53. The van der Waals surface area contributed by atoms with Crippen LogP contribution in [0.4, 0.5) is 0 Å². The van der Waals surface area contributed by atoms with Crippen LogP contribution in [-0.4, -0.2) is 12.1 Å². The van der Waals surface area contributed by atoms with Crippen LogP contribution in [0.5, 0.6) is 0 Å². The fourth-order valence-corrected chi connectivity index (χ4v) is 1.39. The van der Waals surface area contributed by atoms with Crippen molar-refractivity contribution in [1.82, 2.24) is 4.98 Å². The number of hydrogen-bond donors (Lipinski definition) is 0. The standard InChI is InChI=1S/C11H11NO/c1-13-8-9-2-3-10-4-5-12-7-11(10)6-9/h2-7H,8H2,1H3. The maximum absolute atomic E-state index is 5.06. The third kappa shape index (κ3) is 1.68. The van der Waals surface area contributed by atoms with Crippen molar-refractivity contribution >= 4 is 10.8 Å². The number of rotatable bonds is 2. The minimum absolute atomic E-state index is 0.658. The van der Waals surface area contributed by atoms with E-state index in [4.69, 9.17) is 4.74 Å². The van der Waals surface area contributed by atoms with Gasteiger partial charge < -0.3 is 4.74 Å². The van der Waals surface area contributed by atoms with Crippen molar-refractivity contribution in [2.75, 3.05) is 7.11 Å². The van der Waals surface area contributed by atoms with Crippen LogP contribution in [0.1, 0.15) is 5.56 Å². The number of ether oxygens (including phenoxy) is 1. The molecular weight excluding hydrogens is 162 g/mol. The van der Waals surface area contributed by atoms with Gasteiger partial charge in [-0.05, 0) is 23.1 Å². The molecule has 13 heavy (non-hydrogen) atoms. The number of aromatic nitrogens is 1. The van der Waals surface area contributed by atoms with Gasteiger partial charge in [0, 0.05) is 24.9 Å². The Morgan fingerprint density at radius 2 is 2.15 bits per heavy atom. The molecule has 2 aromatic rings. The zero-order chi connectivity index (χ0) is 9.10. The number of hydrogen-bond acceptors (Lipinski definition) is 2. The molecular formula is C11H11NO. The normalized spacial score (nSPS) is 10.5. The second kappa shape index (κ2) is 3.54. The summed E-state index contributed by atoms with van der Waals surface area (Å²) >= 11 is 0. The second-order valence-electron chi connectivity index (χ2n) is 2.99. The van der Waals surface area contributed by atoms with Crippen LogP contribution < -0.4 is 0 Å². The van der Waals surface area contributed by atoms with Crippen LogP contribution in [0.25, 0.3) is 10.8 Å². The Hall–Kier alpha value is -1.41. The lowest BCUT2D eigenvalue weighted by atomic mass is 10.1. The number of benzene rings is 1. The van der Waals surface area contributed by atoms with Crippen LogP contribution in [0.15, 0.2) is 36.7 Å². The van der Waals surface area contributed by atoms with Crippen molar-refractivity contribution in [2.45, 2.75) is 6.61 Å². The van der Waals surface area contributed by atoms with E-state index >= 15 is 0 Å². The predicted octanol–water partition coefficient (Wildman–Crippen LogP) is 2.38. The van der Waals surface area contributed by atoms with Crippen LogP contribution in [0.2, 0.25) is 0 Å². The van der Waals surface area contributed by atoms with Crippen LogP contribution in [0.3, 0.4) is 0 Å². The summed E-state index contributed by atoms with van der Waals surface area (Å²) in [5.41, 5.74) is 1.18. The molecule has 0 aliphatic heterocycles. The van der Waals surface area contributed by atoms with E-state index in [1.807, 2.05) is 12.3 Å².